The highest BCUT2D eigenvalue weighted by Crippen LogP contribution is 2.19. The highest BCUT2D eigenvalue weighted by atomic mass is 35.7. The molecular formula is C7H12Cl2O2Si. The molecule has 0 aliphatic rings. The number of esters is 1. The maximum atomic E-state index is 10.7. The number of ether oxygens (including phenoxy) is 1. The first kappa shape index (κ1) is 12.0. The monoisotopic (exact) mass is 226 g/mol. The van der Waals surface area contributed by atoms with Gasteiger partial charge in [-0.1, -0.05) is 6.08 Å². The standard InChI is InChI=1S/C7H12Cl2O2Si/c1-3-4-7(10)11-5-6-12(2,8)9/h3-4H,5-6H2,1-2H3. The van der Waals surface area contributed by atoms with E-state index >= 15 is 0 Å². The minimum atomic E-state index is -2.10. The molecule has 0 saturated heterocycles. The molecule has 0 N–H and O–H groups in total. The van der Waals surface area contributed by atoms with E-state index in [1.807, 2.05) is 0 Å². The lowest BCUT2D eigenvalue weighted by Gasteiger charge is -2.08. The van der Waals surface area contributed by atoms with E-state index in [9.17, 15) is 4.79 Å². The normalized spacial score (nSPS) is 12.0. The summed E-state index contributed by atoms with van der Waals surface area (Å²) < 4.78 is 4.80. The van der Waals surface area contributed by atoms with E-state index in [1.165, 1.54) is 6.08 Å². The number of rotatable bonds is 4. The summed E-state index contributed by atoms with van der Waals surface area (Å²) in [6, 6.07) is 0.569. The van der Waals surface area contributed by atoms with E-state index in [2.05, 4.69) is 0 Å². The second-order valence-corrected chi connectivity index (χ2v) is 10.7. The van der Waals surface area contributed by atoms with Crippen LogP contribution in [0.25, 0.3) is 0 Å². The lowest BCUT2D eigenvalue weighted by atomic mass is 10.5. The highest BCUT2D eigenvalue weighted by Gasteiger charge is 2.20. The Hall–Kier alpha value is 0.00688. The Balaban J connectivity index is 3.51. The average molecular weight is 227 g/mol. The summed E-state index contributed by atoms with van der Waals surface area (Å²) in [6.07, 6.45) is 2.99. The zero-order valence-corrected chi connectivity index (χ0v) is 9.65. The van der Waals surface area contributed by atoms with Crippen LogP contribution in [-0.4, -0.2) is 19.3 Å². The lowest BCUT2D eigenvalue weighted by Crippen LogP contribution is -2.16. The van der Waals surface area contributed by atoms with Crippen LogP contribution in [0.1, 0.15) is 6.92 Å². The van der Waals surface area contributed by atoms with Crippen LogP contribution in [0.3, 0.4) is 0 Å². The molecule has 0 aliphatic heterocycles. The summed E-state index contributed by atoms with van der Waals surface area (Å²) in [5, 5.41) is 0. The topological polar surface area (TPSA) is 26.3 Å². The third kappa shape index (κ3) is 8.11. The molecule has 0 amide bonds. The van der Waals surface area contributed by atoms with Crippen molar-refractivity contribution in [1.29, 1.82) is 0 Å². The molecule has 0 aromatic carbocycles. The lowest BCUT2D eigenvalue weighted by molar-refractivity contribution is -0.137. The van der Waals surface area contributed by atoms with Gasteiger partial charge in [-0.05, 0) is 13.5 Å². The van der Waals surface area contributed by atoms with Gasteiger partial charge in [0.1, 0.15) is 0 Å². The predicted octanol–water partition coefficient (Wildman–Crippen LogP) is 2.66. The maximum absolute atomic E-state index is 10.7. The van der Waals surface area contributed by atoms with Gasteiger partial charge in [-0.2, -0.15) is 0 Å². The second-order valence-electron chi connectivity index (χ2n) is 2.49. The molecule has 12 heavy (non-hydrogen) atoms. The van der Waals surface area contributed by atoms with Crippen molar-refractivity contribution < 1.29 is 9.53 Å². The minimum Gasteiger partial charge on any atom is -0.463 e. The Kier molecular flexibility index (Phi) is 5.62. The van der Waals surface area contributed by atoms with Crippen molar-refractivity contribution in [1.82, 2.24) is 0 Å². The summed E-state index contributed by atoms with van der Waals surface area (Å²) in [5.74, 6) is -0.343. The van der Waals surface area contributed by atoms with Gasteiger partial charge < -0.3 is 4.74 Å². The molecule has 0 aliphatic carbocycles. The summed E-state index contributed by atoms with van der Waals surface area (Å²) in [5.41, 5.74) is 0. The Morgan fingerprint density at radius 2 is 2.17 bits per heavy atom. The van der Waals surface area contributed by atoms with Gasteiger partial charge in [0.15, 0.2) is 0 Å². The number of hydrogen-bond acceptors (Lipinski definition) is 2. The predicted molar refractivity (Wildman–Crippen MR) is 53.9 cm³/mol. The van der Waals surface area contributed by atoms with Crippen molar-refractivity contribution in [2.45, 2.75) is 19.5 Å². The number of carbonyl (C=O) groups is 1. The molecule has 5 heteroatoms. The fourth-order valence-corrected chi connectivity index (χ4v) is 1.44. The van der Waals surface area contributed by atoms with Gasteiger partial charge in [-0.25, -0.2) is 4.79 Å². The number of carbonyl (C=O) groups excluding carboxylic acids is 1. The molecule has 0 aromatic rings. The molecule has 0 radical (unpaired) electrons. The first-order chi connectivity index (χ1) is 5.45. The van der Waals surface area contributed by atoms with E-state index in [4.69, 9.17) is 26.9 Å². The van der Waals surface area contributed by atoms with Gasteiger partial charge in [0.05, 0.1) is 6.61 Å². The van der Waals surface area contributed by atoms with E-state index in [-0.39, 0.29) is 5.97 Å². The minimum absolute atomic E-state index is 0.304. The maximum Gasteiger partial charge on any atom is 0.330 e. The molecular weight excluding hydrogens is 215 g/mol. The molecule has 2 nitrogen and oxygen atoms in total. The van der Waals surface area contributed by atoms with E-state index in [0.29, 0.717) is 12.7 Å². The third-order valence-corrected chi connectivity index (χ3v) is 3.30. The highest BCUT2D eigenvalue weighted by molar-refractivity contribution is 7.44. The summed E-state index contributed by atoms with van der Waals surface area (Å²) in [4.78, 5) is 10.7. The third-order valence-electron chi connectivity index (χ3n) is 1.09. The molecule has 0 aromatic heterocycles. The van der Waals surface area contributed by atoms with Gasteiger partial charge in [0, 0.05) is 12.1 Å². The number of allylic oxidation sites excluding steroid dienone is 1. The van der Waals surface area contributed by atoms with Crippen LogP contribution in [0, 0.1) is 0 Å². The second kappa shape index (κ2) is 5.62. The summed E-state index contributed by atoms with van der Waals surface area (Å²) in [6.45, 7) is 1.75. The van der Waals surface area contributed by atoms with Crippen molar-refractivity contribution >= 4 is 34.8 Å². The average Bonchev–Trinajstić information content (AvgIpc) is 1.84. The SMILES string of the molecule is CC=CC(=O)OCC[Si](C)(Cl)Cl. The molecule has 0 bridgehead atoms. The molecule has 0 rings (SSSR count). The van der Waals surface area contributed by atoms with Crippen molar-refractivity contribution in [2.75, 3.05) is 6.61 Å². The van der Waals surface area contributed by atoms with Crippen molar-refractivity contribution in [3.05, 3.63) is 12.2 Å². The van der Waals surface area contributed by atoms with Gasteiger partial charge >= 0.3 is 5.97 Å². The molecule has 0 unspecified atom stereocenters. The molecule has 0 fully saturated rings. The van der Waals surface area contributed by atoms with Crippen LogP contribution in [-0.2, 0) is 9.53 Å². The Morgan fingerprint density at radius 3 is 2.58 bits per heavy atom. The van der Waals surface area contributed by atoms with Crippen LogP contribution >= 0.6 is 22.2 Å². The van der Waals surface area contributed by atoms with Gasteiger partial charge in [-0.15, -0.1) is 22.2 Å². The van der Waals surface area contributed by atoms with Crippen molar-refractivity contribution in [2.24, 2.45) is 0 Å². The fourth-order valence-electron chi connectivity index (χ4n) is 0.515. The molecule has 0 atom stereocenters. The Labute approximate surface area is 82.9 Å². The Morgan fingerprint density at radius 1 is 1.58 bits per heavy atom. The van der Waals surface area contributed by atoms with Crippen LogP contribution in [0.5, 0.6) is 0 Å². The molecule has 0 spiro atoms. The number of halogens is 2. The van der Waals surface area contributed by atoms with Gasteiger partial charge in [0.25, 0.3) is 6.69 Å². The smallest absolute Gasteiger partial charge is 0.330 e. The van der Waals surface area contributed by atoms with Crippen molar-refractivity contribution in [3.63, 3.8) is 0 Å². The van der Waals surface area contributed by atoms with Crippen LogP contribution in [0.2, 0.25) is 12.6 Å². The number of hydrogen-bond donors (Lipinski definition) is 0. The van der Waals surface area contributed by atoms with E-state index < -0.39 is 6.69 Å². The van der Waals surface area contributed by atoms with Crippen LogP contribution in [0.15, 0.2) is 12.2 Å². The van der Waals surface area contributed by atoms with Gasteiger partial charge in [-0.3, -0.25) is 0 Å². The van der Waals surface area contributed by atoms with E-state index in [1.54, 1.807) is 19.5 Å². The fraction of sp³-hybridized carbons (Fsp3) is 0.571. The first-order valence-electron chi connectivity index (χ1n) is 3.63. The molecule has 0 saturated carbocycles. The summed E-state index contributed by atoms with van der Waals surface area (Å²) >= 11 is 11.6. The Bertz CT molecular complexity index is 175. The first-order valence-corrected chi connectivity index (χ1v) is 8.36. The van der Waals surface area contributed by atoms with E-state index in [0.717, 1.165) is 0 Å². The summed E-state index contributed by atoms with van der Waals surface area (Å²) in [7, 11) is 0. The largest absolute Gasteiger partial charge is 0.463 e. The van der Waals surface area contributed by atoms with Crippen LogP contribution < -0.4 is 0 Å². The van der Waals surface area contributed by atoms with Gasteiger partial charge in [0.2, 0.25) is 0 Å². The molecule has 0 heterocycles. The zero-order chi connectivity index (χ0) is 9.61. The van der Waals surface area contributed by atoms with Crippen molar-refractivity contribution in [3.8, 4) is 0 Å². The zero-order valence-electron chi connectivity index (χ0n) is 7.14. The molecule has 70 valence electrons. The quantitative estimate of drug-likeness (QED) is 0.319. The van der Waals surface area contributed by atoms with Crippen LogP contribution in [0.4, 0.5) is 0 Å².